The van der Waals surface area contributed by atoms with E-state index in [1.54, 1.807) is 24.3 Å². The van der Waals surface area contributed by atoms with Crippen LogP contribution in [0.4, 0.5) is 4.39 Å². The van der Waals surface area contributed by atoms with Crippen molar-refractivity contribution >= 4 is 34.2 Å². The first-order valence-corrected chi connectivity index (χ1v) is 7.26. The molecule has 23 heavy (non-hydrogen) atoms. The molecule has 0 aliphatic heterocycles. The largest absolute Gasteiger partial charge is 0.360 e. The molecule has 3 rings (SSSR count). The molecule has 0 unspecified atom stereocenters. The highest BCUT2D eigenvalue weighted by molar-refractivity contribution is 6.45. The summed E-state index contributed by atoms with van der Waals surface area (Å²) in [5, 5.41) is 3.41. The molecule has 4 nitrogen and oxygen atoms in total. The molecular formula is C17H12ClFN2O2. The van der Waals surface area contributed by atoms with Gasteiger partial charge in [-0.25, -0.2) is 4.39 Å². The van der Waals surface area contributed by atoms with Crippen molar-refractivity contribution in [3.8, 4) is 0 Å². The van der Waals surface area contributed by atoms with E-state index < -0.39 is 17.5 Å². The van der Waals surface area contributed by atoms with Gasteiger partial charge in [-0.15, -0.1) is 0 Å². The summed E-state index contributed by atoms with van der Waals surface area (Å²) in [6, 6.07) is 11.0. The quantitative estimate of drug-likeness (QED) is 0.568. The van der Waals surface area contributed by atoms with E-state index >= 15 is 0 Å². The Kier molecular flexibility index (Phi) is 4.12. The van der Waals surface area contributed by atoms with Crippen molar-refractivity contribution in [1.82, 2.24) is 10.3 Å². The van der Waals surface area contributed by atoms with Crippen LogP contribution < -0.4 is 5.32 Å². The van der Waals surface area contributed by atoms with Gasteiger partial charge in [0.15, 0.2) is 0 Å². The van der Waals surface area contributed by atoms with E-state index in [1.807, 2.05) is 0 Å². The molecule has 6 heteroatoms. The van der Waals surface area contributed by atoms with Crippen LogP contribution in [0.15, 0.2) is 48.7 Å². The summed E-state index contributed by atoms with van der Waals surface area (Å²) in [6.45, 7) is 0.140. The minimum Gasteiger partial charge on any atom is -0.360 e. The van der Waals surface area contributed by atoms with Gasteiger partial charge in [0.1, 0.15) is 5.82 Å². The number of rotatable bonds is 4. The van der Waals surface area contributed by atoms with E-state index in [0.717, 1.165) is 0 Å². The van der Waals surface area contributed by atoms with Crippen LogP contribution in [0, 0.1) is 5.82 Å². The summed E-state index contributed by atoms with van der Waals surface area (Å²) >= 11 is 6.00. The van der Waals surface area contributed by atoms with Gasteiger partial charge < -0.3 is 10.3 Å². The number of benzene rings is 2. The molecule has 0 saturated heterocycles. The zero-order chi connectivity index (χ0) is 16.4. The molecule has 1 heterocycles. The zero-order valence-corrected chi connectivity index (χ0v) is 12.7. The van der Waals surface area contributed by atoms with Gasteiger partial charge in [-0.3, -0.25) is 9.59 Å². The number of hydrogen-bond donors (Lipinski definition) is 2. The third-order valence-corrected chi connectivity index (χ3v) is 3.86. The predicted molar refractivity (Wildman–Crippen MR) is 85.9 cm³/mol. The number of aromatic amines is 1. The SMILES string of the molecule is O=C(NCc1ccccc1Cl)C(=O)c1c[nH]c2ccc(F)cc12. The molecule has 0 aliphatic carbocycles. The fourth-order valence-corrected chi connectivity index (χ4v) is 2.50. The van der Waals surface area contributed by atoms with Gasteiger partial charge in [0.2, 0.25) is 0 Å². The molecule has 1 aromatic heterocycles. The first kappa shape index (κ1) is 15.2. The van der Waals surface area contributed by atoms with Crippen molar-refractivity contribution in [1.29, 1.82) is 0 Å². The van der Waals surface area contributed by atoms with Crippen molar-refractivity contribution in [3.05, 3.63) is 70.6 Å². The van der Waals surface area contributed by atoms with Crippen LogP contribution in [0.5, 0.6) is 0 Å². The molecule has 2 N–H and O–H groups in total. The second-order valence-electron chi connectivity index (χ2n) is 5.00. The van der Waals surface area contributed by atoms with Crippen molar-refractivity contribution in [2.75, 3.05) is 0 Å². The molecule has 0 bridgehead atoms. The van der Waals surface area contributed by atoms with E-state index in [0.29, 0.717) is 21.5 Å². The minimum atomic E-state index is -0.768. The number of fused-ring (bicyclic) bond motifs is 1. The van der Waals surface area contributed by atoms with E-state index in [2.05, 4.69) is 10.3 Å². The Hall–Kier alpha value is -2.66. The van der Waals surface area contributed by atoms with E-state index in [-0.39, 0.29) is 12.1 Å². The number of aromatic nitrogens is 1. The lowest BCUT2D eigenvalue weighted by Crippen LogP contribution is -2.30. The lowest BCUT2D eigenvalue weighted by Gasteiger charge is -2.06. The summed E-state index contributed by atoms with van der Waals surface area (Å²) in [7, 11) is 0. The predicted octanol–water partition coefficient (Wildman–Crippen LogP) is 3.46. The molecule has 0 spiro atoms. The molecule has 1 amide bonds. The highest BCUT2D eigenvalue weighted by atomic mass is 35.5. The maximum absolute atomic E-state index is 13.3. The summed E-state index contributed by atoms with van der Waals surface area (Å²) in [6.07, 6.45) is 1.40. The molecule has 0 atom stereocenters. The van der Waals surface area contributed by atoms with Crippen molar-refractivity contribution < 1.29 is 14.0 Å². The first-order chi connectivity index (χ1) is 11.1. The third-order valence-electron chi connectivity index (χ3n) is 3.49. The Morgan fingerprint density at radius 3 is 2.74 bits per heavy atom. The molecule has 0 fully saturated rings. The van der Waals surface area contributed by atoms with Crippen molar-refractivity contribution in [2.24, 2.45) is 0 Å². The van der Waals surface area contributed by atoms with Gasteiger partial charge in [-0.2, -0.15) is 0 Å². The Balaban J connectivity index is 1.78. The van der Waals surface area contributed by atoms with Gasteiger partial charge in [0, 0.05) is 28.7 Å². The van der Waals surface area contributed by atoms with Crippen molar-refractivity contribution in [2.45, 2.75) is 6.54 Å². The Morgan fingerprint density at radius 2 is 1.96 bits per heavy atom. The number of H-pyrrole nitrogens is 1. The Morgan fingerprint density at radius 1 is 1.17 bits per heavy atom. The number of carbonyl (C=O) groups excluding carboxylic acids is 2. The van der Waals surface area contributed by atoms with Crippen LogP contribution in [0.25, 0.3) is 10.9 Å². The number of ketones is 1. The van der Waals surface area contributed by atoms with Gasteiger partial charge in [-0.1, -0.05) is 29.8 Å². The van der Waals surface area contributed by atoms with Gasteiger partial charge >= 0.3 is 0 Å². The van der Waals surface area contributed by atoms with Crippen LogP contribution >= 0.6 is 11.6 Å². The van der Waals surface area contributed by atoms with Crippen LogP contribution in [0.2, 0.25) is 5.02 Å². The fraction of sp³-hybridized carbons (Fsp3) is 0.0588. The van der Waals surface area contributed by atoms with Gasteiger partial charge in [0.05, 0.1) is 5.56 Å². The Bertz CT molecular complexity index is 904. The second-order valence-corrected chi connectivity index (χ2v) is 5.40. The summed E-state index contributed by atoms with van der Waals surface area (Å²) in [5.74, 6) is -1.97. The lowest BCUT2D eigenvalue weighted by atomic mass is 10.1. The third kappa shape index (κ3) is 3.10. The highest BCUT2D eigenvalue weighted by Gasteiger charge is 2.20. The number of amides is 1. The van der Waals surface area contributed by atoms with Gasteiger partial charge in [0.25, 0.3) is 11.7 Å². The van der Waals surface area contributed by atoms with Crippen LogP contribution in [0.3, 0.4) is 0 Å². The molecule has 0 radical (unpaired) electrons. The maximum atomic E-state index is 13.3. The number of halogens is 2. The standard InChI is InChI=1S/C17H12ClFN2O2/c18-14-4-2-1-3-10(14)8-21-17(23)16(22)13-9-20-15-6-5-11(19)7-12(13)15/h1-7,9,20H,8H2,(H,21,23). The molecular weight excluding hydrogens is 319 g/mol. The molecule has 2 aromatic carbocycles. The maximum Gasteiger partial charge on any atom is 0.292 e. The van der Waals surface area contributed by atoms with E-state index in [9.17, 15) is 14.0 Å². The number of hydrogen-bond acceptors (Lipinski definition) is 2. The highest BCUT2D eigenvalue weighted by Crippen LogP contribution is 2.20. The van der Waals surface area contributed by atoms with Crippen molar-refractivity contribution in [3.63, 3.8) is 0 Å². The monoisotopic (exact) mass is 330 g/mol. The number of Topliss-reactive ketones (excluding diaryl/α,β-unsaturated/α-hetero) is 1. The smallest absolute Gasteiger partial charge is 0.292 e. The van der Waals surface area contributed by atoms with Crippen LogP contribution in [-0.4, -0.2) is 16.7 Å². The lowest BCUT2D eigenvalue weighted by molar-refractivity contribution is -0.117. The summed E-state index contributed by atoms with van der Waals surface area (Å²) < 4.78 is 13.3. The first-order valence-electron chi connectivity index (χ1n) is 6.89. The molecule has 116 valence electrons. The fourth-order valence-electron chi connectivity index (χ4n) is 2.30. The molecule has 3 aromatic rings. The number of carbonyl (C=O) groups is 2. The Labute approximate surface area is 136 Å². The van der Waals surface area contributed by atoms with Crippen LogP contribution in [0.1, 0.15) is 15.9 Å². The van der Waals surface area contributed by atoms with Gasteiger partial charge in [-0.05, 0) is 29.8 Å². The zero-order valence-electron chi connectivity index (χ0n) is 11.9. The normalized spacial score (nSPS) is 10.7. The minimum absolute atomic E-state index is 0.135. The molecule has 0 saturated carbocycles. The summed E-state index contributed by atoms with van der Waals surface area (Å²) in [4.78, 5) is 27.1. The topological polar surface area (TPSA) is 62.0 Å². The van der Waals surface area contributed by atoms with E-state index in [1.165, 1.54) is 24.4 Å². The second kappa shape index (κ2) is 6.22. The van der Waals surface area contributed by atoms with E-state index in [4.69, 9.17) is 11.6 Å². The van der Waals surface area contributed by atoms with Crippen LogP contribution in [-0.2, 0) is 11.3 Å². The number of nitrogens with one attached hydrogen (secondary N) is 2. The average molecular weight is 331 g/mol. The summed E-state index contributed by atoms with van der Waals surface area (Å²) in [5.41, 5.74) is 1.44. The molecule has 0 aliphatic rings. The average Bonchev–Trinajstić information content (AvgIpc) is 2.96.